The van der Waals surface area contributed by atoms with Crippen molar-refractivity contribution in [3.63, 3.8) is 0 Å². The van der Waals surface area contributed by atoms with E-state index in [2.05, 4.69) is 10.6 Å². The molecule has 1 aliphatic heterocycles. The van der Waals surface area contributed by atoms with Gasteiger partial charge in [0.1, 0.15) is 5.75 Å². The van der Waals surface area contributed by atoms with Gasteiger partial charge >= 0.3 is 0 Å². The number of ether oxygens (including phenoxy) is 1. The van der Waals surface area contributed by atoms with Crippen molar-refractivity contribution in [2.45, 2.75) is 6.42 Å². The molecular weight excluding hydrogens is 314 g/mol. The Morgan fingerprint density at radius 1 is 1.24 bits per heavy atom. The Labute approximate surface area is 149 Å². The molecule has 0 aliphatic carbocycles. The smallest absolute Gasteiger partial charge is 0.255 e. The molecule has 1 amide bonds. The number of hydrogen-bond acceptors (Lipinski definition) is 4. The summed E-state index contributed by atoms with van der Waals surface area (Å²) in [5, 5.41) is 6.55. The Hall–Kier alpha value is -2.53. The molecule has 1 saturated heterocycles. The van der Waals surface area contributed by atoms with Crippen molar-refractivity contribution in [1.82, 2.24) is 10.2 Å². The Bertz CT molecular complexity index is 732. The normalized spacial score (nSPS) is 16.7. The lowest BCUT2D eigenvalue weighted by Crippen LogP contribution is -2.30. The first kappa shape index (κ1) is 17.3. The number of para-hydroxylation sites is 1. The van der Waals surface area contributed by atoms with Gasteiger partial charge in [0.05, 0.1) is 18.4 Å². The summed E-state index contributed by atoms with van der Waals surface area (Å²) >= 11 is 0. The Morgan fingerprint density at radius 3 is 2.88 bits per heavy atom. The van der Waals surface area contributed by atoms with Gasteiger partial charge in [-0.2, -0.15) is 0 Å². The predicted octanol–water partition coefficient (Wildman–Crippen LogP) is 3.12. The fourth-order valence-electron chi connectivity index (χ4n) is 3.28. The van der Waals surface area contributed by atoms with Crippen LogP contribution in [0.5, 0.6) is 5.75 Å². The van der Waals surface area contributed by atoms with Crippen LogP contribution in [0.25, 0.3) is 0 Å². The molecule has 1 aliphatic rings. The van der Waals surface area contributed by atoms with Crippen LogP contribution in [0.15, 0.2) is 48.5 Å². The molecule has 5 nitrogen and oxygen atoms in total. The molecule has 0 bridgehead atoms. The first-order chi connectivity index (χ1) is 12.2. The Balaban J connectivity index is 1.77. The van der Waals surface area contributed by atoms with Crippen molar-refractivity contribution in [3.8, 4) is 5.75 Å². The first-order valence-corrected chi connectivity index (χ1v) is 8.65. The Kier molecular flexibility index (Phi) is 5.56. The summed E-state index contributed by atoms with van der Waals surface area (Å²) < 4.78 is 5.27. The highest BCUT2D eigenvalue weighted by Gasteiger charge is 2.27. The summed E-state index contributed by atoms with van der Waals surface area (Å²) in [6.45, 7) is 2.58. The maximum Gasteiger partial charge on any atom is 0.255 e. The summed E-state index contributed by atoms with van der Waals surface area (Å²) in [5.41, 5.74) is 2.42. The van der Waals surface area contributed by atoms with Crippen molar-refractivity contribution in [3.05, 3.63) is 54.1 Å². The highest BCUT2D eigenvalue weighted by Crippen LogP contribution is 2.26. The van der Waals surface area contributed by atoms with Gasteiger partial charge in [-0.1, -0.05) is 18.2 Å². The molecule has 0 aromatic heterocycles. The van der Waals surface area contributed by atoms with E-state index in [0.29, 0.717) is 11.5 Å². The third kappa shape index (κ3) is 4.12. The van der Waals surface area contributed by atoms with Crippen LogP contribution in [0, 0.1) is 5.92 Å². The molecule has 1 unspecified atom stereocenters. The van der Waals surface area contributed by atoms with Crippen LogP contribution >= 0.6 is 0 Å². The predicted molar refractivity (Wildman–Crippen MR) is 101 cm³/mol. The largest absolute Gasteiger partial charge is 0.497 e. The molecule has 2 aromatic carbocycles. The molecule has 1 heterocycles. The maximum absolute atomic E-state index is 13.0. The number of amides is 1. The number of nitrogens with zero attached hydrogens (tertiary/aromatic N) is 1. The molecule has 3 rings (SSSR count). The van der Waals surface area contributed by atoms with Crippen molar-refractivity contribution < 1.29 is 9.53 Å². The third-order valence-corrected chi connectivity index (χ3v) is 4.57. The van der Waals surface area contributed by atoms with Crippen molar-refractivity contribution in [1.29, 1.82) is 0 Å². The van der Waals surface area contributed by atoms with Crippen molar-refractivity contribution >= 4 is 17.3 Å². The number of nitrogens with one attached hydrogen (secondary N) is 2. The van der Waals surface area contributed by atoms with E-state index in [4.69, 9.17) is 4.74 Å². The molecule has 5 heteroatoms. The van der Waals surface area contributed by atoms with E-state index < -0.39 is 0 Å². The average molecular weight is 339 g/mol. The van der Waals surface area contributed by atoms with Crippen LogP contribution in [-0.2, 0) is 0 Å². The molecule has 2 N–H and O–H groups in total. The van der Waals surface area contributed by atoms with E-state index >= 15 is 0 Å². The van der Waals surface area contributed by atoms with E-state index in [1.807, 2.05) is 60.5 Å². The lowest BCUT2D eigenvalue weighted by Gasteiger charge is -2.19. The van der Waals surface area contributed by atoms with E-state index in [9.17, 15) is 4.79 Å². The average Bonchev–Trinajstić information content (AvgIpc) is 3.11. The van der Waals surface area contributed by atoms with Gasteiger partial charge in [-0.05, 0) is 50.2 Å². The highest BCUT2D eigenvalue weighted by molar-refractivity contribution is 6.00. The lowest BCUT2D eigenvalue weighted by atomic mass is 10.1. The monoisotopic (exact) mass is 339 g/mol. The minimum atomic E-state index is 0.0876. The van der Waals surface area contributed by atoms with Gasteiger partial charge in [0.25, 0.3) is 5.91 Å². The van der Waals surface area contributed by atoms with Crippen LogP contribution in [0.2, 0.25) is 0 Å². The second-order valence-corrected chi connectivity index (χ2v) is 6.37. The zero-order valence-corrected chi connectivity index (χ0v) is 14.8. The molecular formula is C20H25N3O2. The maximum atomic E-state index is 13.0. The van der Waals surface area contributed by atoms with Crippen molar-refractivity contribution in [2.75, 3.05) is 39.1 Å². The van der Waals surface area contributed by atoms with Gasteiger partial charge < -0.3 is 20.3 Å². The Morgan fingerprint density at radius 2 is 2.08 bits per heavy atom. The number of carbonyl (C=O) groups excluding carboxylic acids is 1. The van der Waals surface area contributed by atoms with Crippen LogP contribution in [-0.4, -0.2) is 44.6 Å². The third-order valence-electron chi connectivity index (χ3n) is 4.57. The van der Waals surface area contributed by atoms with Crippen LogP contribution in [0.4, 0.5) is 11.4 Å². The van der Waals surface area contributed by atoms with E-state index in [1.165, 1.54) is 0 Å². The lowest BCUT2D eigenvalue weighted by molar-refractivity contribution is 0.0788. The molecule has 0 spiro atoms. The van der Waals surface area contributed by atoms with Gasteiger partial charge in [0, 0.05) is 24.8 Å². The second-order valence-electron chi connectivity index (χ2n) is 6.37. The molecule has 0 saturated carbocycles. The minimum Gasteiger partial charge on any atom is -0.497 e. The SMILES string of the molecule is CNCC1CCN(C(=O)c2ccccc2Nc2cccc(OC)c2)C1. The highest BCUT2D eigenvalue weighted by atomic mass is 16.5. The molecule has 0 radical (unpaired) electrons. The fourth-order valence-corrected chi connectivity index (χ4v) is 3.28. The van der Waals surface area contributed by atoms with Gasteiger partial charge in [-0.15, -0.1) is 0 Å². The topological polar surface area (TPSA) is 53.6 Å². The molecule has 25 heavy (non-hydrogen) atoms. The summed E-state index contributed by atoms with van der Waals surface area (Å²) in [6, 6.07) is 15.4. The number of rotatable bonds is 6. The van der Waals surface area contributed by atoms with Crippen molar-refractivity contribution in [2.24, 2.45) is 5.92 Å². The summed E-state index contributed by atoms with van der Waals surface area (Å²) in [6.07, 6.45) is 1.05. The van der Waals surface area contributed by atoms with E-state index in [1.54, 1.807) is 7.11 Å². The molecule has 1 atom stereocenters. The van der Waals surface area contributed by atoms with Gasteiger partial charge in [0.2, 0.25) is 0 Å². The number of carbonyl (C=O) groups is 1. The number of anilines is 2. The van der Waals surface area contributed by atoms with E-state index in [0.717, 1.165) is 43.2 Å². The number of benzene rings is 2. The first-order valence-electron chi connectivity index (χ1n) is 8.65. The van der Waals surface area contributed by atoms with Gasteiger partial charge in [-0.3, -0.25) is 4.79 Å². The number of likely N-dealkylation sites (tertiary alicyclic amines) is 1. The molecule has 132 valence electrons. The molecule has 1 fully saturated rings. The van der Waals surface area contributed by atoms with Crippen LogP contribution in [0.1, 0.15) is 16.8 Å². The number of hydrogen-bond donors (Lipinski definition) is 2. The van der Waals surface area contributed by atoms with E-state index in [-0.39, 0.29) is 5.91 Å². The second kappa shape index (κ2) is 8.03. The zero-order chi connectivity index (χ0) is 17.6. The number of methoxy groups -OCH3 is 1. The van der Waals surface area contributed by atoms with Crippen LogP contribution < -0.4 is 15.4 Å². The zero-order valence-electron chi connectivity index (χ0n) is 14.8. The van der Waals surface area contributed by atoms with Crippen LogP contribution in [0.3, 0.4) is 0 Å². The minimum absolute atomic E-state index is 0.0876. The summed E-state index contributed by atoms with van der Waals surface area (Å²) in [4.78, 5) is 14.9. The van der Waals surface area contributed by atoms with Gasteiger partial charge in [0.15, 0.2) is 0 Å². The molecule has 2 aromatic rings. The standard InChI is InChI=1S/C20H25N3O2/c1-21-13-15-10-11-23(14-15)20(24)18-8-3-4-9-19(18)22-16-6-5-7-17(12-16)25-2/h3-9,12,15,21-22H,10-11,13-14H2,1-2H3. The summed E-state index contributed by atoms with van der Waals surface area (Å²) in [7, 11) is 3.60. The quantitative estimate of drug-likeness (QED) is 0.849. The summed E-state index contributed by atoms with van der Waals surface area (Å²) in [5.74, 6) is 1.40. The fraction of sp³-hybridized carbons (Fsp3) is 0.350. The van der Waals surface area contributed by atoms with Gasteiger partial charge in [-0.25, -0.2) is 0 Å².